The average Bonchev–Trinajstić information content (AvgIpc) is 3.34. The highest BCUT2D eigenvalue weighted by atomic mass is 16.5. The second-order valence-electron chi connectivity index (χ2n) is 8.58. The molecule has 0 aliphatic carbocycles. The minimum atomic E-state index is -0.517. The molecule has 1 atom stereocenters. The normalized spacial score (nSPS) is 12.2. The van der Waals surface area contributed by atoms with Crippen LogP contribution in [0.4, 0.5) is 5.82 Å². The summed E-state index contributed by atoms with van der Waals surface area (Å²) in [5.41, 5.74) is 9.38. The first-order valence-electron chi connectivity index (χ1n) is 11.7. The van der Waals surface area contributed by atoms with E-state index in [0.717, 1.165) is 16.5 Å². The standard InChI is InChI=1S/C28H22N6O3/c1-16(25-22(17-8-4-3-5-9-17)20-10-6-7-11-21(20)28(35)37-25)34-27-23(26(29)31-15-32-27)24(33-34)18-12-19(36-2)14-30-13-18/h3-16H,1-2H3,(H2,29,31,32). The van der Waals surface area contributed by atoms with Gasteiger partial charge in [0.05, 0.1) is 24.1 Å². The number of nitrogens with two attached hydrogens (primary N) is 1. The van der Waals surface area contributed by atoms with Crippen molar-refractivity contribution < 1.29 is 9.15 Å². The van der Waals surface area contributed by atoms with Gasteiger partial charge in [0.1, 0.15) is 35.4 Å². The van der Waals surface area contributed by atoms with E-state index in [1.54, 1.807) is 30.3 Å². The number of nitrogens with zero attached hydrogens (tertiary/aromatic N) is 5. The van der Waals surface area contributed by atoms with Crippen LogP contribution >= 0.6 is 0 Å². The van der Waals surface area contributed by atoms with Crippen molar-refractivity contribution in [2.75, 3.05) is 12.8 Å². The van der Waals surface area contributed by atoms with Crippen LogP contribution in [0.25, 0.3) is 44.2 Å². The van der Waals surface area contributed by atoms with Crippen LogP contribution in [0, 0.1) is 0 Å². The maximum Gasteiger partial charge on any atom is 0.343 e. The Morgan fingerprint density at radius 2 is 1.73 bits per heavy atom. The fourth-order valence-electron chi connectivity index (χ4n) is 4.65. The van der Waals surface area contributed by atoms with Gasteiger partial charge in [-0.1, -0.05) is 48.5 Å². The van der Waals surface area contributed by atoms with Crippen LogP contribution in [-0.2, 0) is 0 Å². The summed E-state index contributed by atoms with van der Waals surface area (Å²) in [6.45, 7) is 1.91. The predicted octanol–water partition coefficient (Wildman–Crippen LogP) is 4.86. The molecule has 0 radical (unpaired) electrons. The highest BCUT2D eigenvalue weighted by Crippen LogP contribution is 2.38. The molecule has 0 fully saturated rings. The van der Waals surface area contributed by atoms with Crippen LogP contribution in [0.5, 0.6) is 5.75 Å². The predicted molar refractivity (Wildman–Crippen MR) is 141 cm³/mol. The van der Waals surface area contributed by atoms with Crippen molar-refractivity contribution in [2.45, 2.75) is 13.0 Å². The summed E-state index contributed by atoms with van der Waals surface area (Å²) >= 11 is 0. The number of pyridine rings is 1. The van der Waals surface area contributed by atoms with Gasteiger partial charge < -0.3 is 14.9 Å². The van der Waals surface area contributed by atoms with Gasteiger partial charge in [-0.15, -0.1) is 0 Å². The number of aromatic nitrogens is 5. The zero-order chi connectivity index (χ0) is 25.5. The lowest BCUT2D eigenvalue weighted by atomic mass is 9.96. The van der Waals surface area contributed by atoms with Crippen LogP contribution in [0.3, 0.4) is 0 Å². The largest absolute Gasteiger partial charge is 0.495 e. The van der Waals surface area contributed by atoms with Gasteiger partial charge in [0, 0.05) is 22.7 Å². The molecular weight excluding hydrogens is 468 g/mol. The van der Waals surface area contributed by atoms with E-state index in [1.165, 1.54) is 6.33 Å². The quantitative estimate of drug-likeness (QED) is 0.363. The van der Waals surface area contributed by atoms with Crippen LogP contribution in [0.1, 0.15) is 18.7 Å². The third kappa shape index (κ3) is 3.68. The molecular formula is C28H22N6O3. The van der Waals surface area contributed by atoms with E-state index >= 15 is 0 Å². The Hall–Kier alpha value is -5.05. The van der Waals surface area contributed by atoms with Crippen LogP contribution in [0.2, 0.25) is 0 Å². The number of fused-ring (bicyclic) bond motifs is 2. The lowest BCUT2D eigenvalue weighted by Crippen LogP contribution is -2.14. The summed E-state index contributed by atoms with van der Waals surface area (Å²) in [7, 11) is 1.57. The Kier molecular flexibility index (Phi) is 5.37. The summed E-state index contributed by atoms with van der Waals surface area (Å²) in [6.07, 6.45) is 4.68. The molecule has 9 heteroatoms. The van der Waals surface area contributed by atoms with Crippen molar-refractivity contribution in [3.63, 3.8) is 0 Å². The van der Waals surface area contributed by atoms with E-state index in [-0.39, 0.29) is 5.82 Å². The minimum Gasteiger partial charge on any atom is -0.495 e. The molecule has 0 spiro atoms. The summed E-state index contributed by atoms with van der Waals surface area (Å²) < 4.78 is 13.1. The Bertz CT molecular complexity index is 1830. The van der Waals surface area contributed by atoms with Crippen molar-refractivity contribution in [3.05, 3.63) is 95.6 Å². The number of benzene rings is 2. The molecule has 0 saturated carbocycles. The first-order valence-corrected chi connectivity index (χ1v) is 11.7. The maximum absolute atomic E-state index is 13.1. The van der Waals surface area contributed by atoms with Crippen LogP contribution in [0.15, 0.2) is 88.6 Å². The van der Waals surface area contributed by atoms with Gasteiger partial charge in [0.2, 0.25) is 0 Å². The molecule has 182 valence electrons. The fourth-order valence-corrected chi connectivity index (χ4v) is 4.65. The second-order valence-corrected chi connectivity index (χ2v) is 8.58. The Morgan fingerprint density at radius 3 is 2.51 bits per heavy atom. The summed E-state index contributed by atoms with van der Waals surface area (Å²) in [6, 6.07) is 18.6. The number of hydrogen-bond acceptors (Lipinski definition) is 8. The van der Waals surface area contributed by atoms with Gasteiger partial charge in [-0.25, -0.2) is 19.4 Å². The van der Waals surface area contributed by atoms with E-state index < -0.39 is 11.7 Å². The molecule has 2 N–H and O–H groups in total. The first kappa shape index (κ1) is 22.4. The number of rotatable bonds is 5. The highest BCUT2D eigenvalue weighted by molar-refractivity contribution is 5.99. The third-order valence-electron chi connectivity index (χ3n) is 6.41. The van der Waals surface area contributed by atoms with E-state index in [1.807, 2.05) is 61.5 Å². The Balaban J connectivity index is 1.64. The third-order valence-corrected chi connectivity index (χ3v) is 6.41. The lowest BCUT2D eigenvalue weighted by molar-refractivity contribution is 0.405. The maximum atomic E-state index is 13.1. The molecule has 37 heavy (non-hydrogen) atoms. The van der Waals surface area contributed by atoms with Crippen molar-refractivity contribution in [1.82, 2.24) is 24.7 Å². The smallest absolute Gasteiger partial charge is 0.343 e. The van der Waals surface area contributed by atoms with Gasteiger partial charge in [0.15, 0.2) is 5.65 Å². The van der Waals surface area contributed by atoms with Gasteiger partial charge in [-0.05, 0) is 24.6 Å². The molecule has 6 rings (SSSR count). The lowest BCUT2D eigenvalue weighted by Gasteiger charge is -2.18. The number of ether oxygens (including phenoxy) is 1. The van der Waals surface area contributed by atoms with E-state index in [2.05, 4.69) is 15.0 Å². The molecule has 4 heterocycles. The topological polar surface area (TPSA) is 122 Å². The van der Waals surface area contributed by atoms with Gasteiger partial charge >= 0.3 is 5.63 Å². The van der Waals surface area contributed by atoms with Gasteiger partial charge in [-0.3, -0.25) is 4.98 Å². The first-order chi connectivity index (χ1) is 18.1. The molecule has 1 unspecified atom stereocenters. The van der Waals surface area contributed by atoms with Crippen molar-refractivity contribution in [2.24, 2.45) is 0 Å². The molecule has 0 amide bonds. The molecule has 0 aliphatic heterocycles. The number of methoxy groups -OCH3 is 1. The summed E-state index contributed by atoms with van der Waals surface area (Å²) in [5.74, 6) is 1.33. The Labute approximate surface area is 211 Å². The number of anilines is 1. The monoisotopic (exact) mass is 490 g/mol. The Morgan fingerprint density at radius 1 is 0.973 bits per heavy atom. The van der Waals surface area contributed by atoms with Crippen LogP contribution in [-0.4, -0.2) is 31.8 Å². The SMILES string of the molecule is COc1cncc(-c2nn(C(C)c3oc(=O)c4ccccc4c3-c3ccccc3)c3ncnc(N)c23)c1. The zero-order valence-corrected chi connectivity index (χ0v) is 20.1. The second kappa shape index (κ2) is 8.87. The van der Waals surface area contributed by atoms with Crippen molar-refractivity contribution in [1.29, 1.82) is 0 Å². The van der Waals surface area contributed by atoms with Crippen molar-refractivity contribution >= 4 is 27.6 Å². The van der Waals surface area contributed by atoms with Crippen LogP contribution < -0.4 is 16.1 Å². The molecule has 0 saturated heterocycles. The highest BCUT2D eigenvalue weighted by Gasteiger charge is 2.26. The zero-order valence-electron chi connectivity index (χ0n) is 20.1. The summed E-state index contributed by atoms with van der Waals surface area (Å²) in [5, 5.41) is 6.78. The molecule has 2 aromatic carbocycles. The molecule has 9 nitrogen and oxygen atoms in total. The average molecular weight is 491 g/mol. The van der Waals surface area contributed by atoms with E-state index in [9.17, 15) is 4.79 Å². The number of nitrogen functional groups attached to an aromatic ring is 1. The van der Waals surface area contributed by atoms with E-state index in [0.29, 0.717) is 39.2 Å². The number of hydrogen-bond donors (Lipinski definition) is 1. The fraction of sp³-hybridized carbons (Fsp3) is 0.107. The van der Waals surface area contributed by atoms with Gasteiger partial charge in [0.25, 0.3) is 0 Å². The summed E-state index contributed by atoms with van der Waals surface area (Å²) in [4.78, 5) is 26.0. The van der Waals surface area contributed by atoms with Gasteiger partial charge in [-0.2, -0.15) is 5.10 Å². The molecule has 0 aliphatic rings. The van der Waals surface area contributed by atoms with Crippen molar-refractivity contribution in [3.8, 4) is 28.1 Å². The molecule has 4 aromatic heterocycles. The molecule has 0 bridgehead atoms. The molecule has 6 aromatic rings. The minimum absolute atomic E-state index is 0.282. The van der Waals surface area contributed by atoms with E-state index in [4.69, 9.17) is 20.0 Å².